The monoisotopic (exact) mass is 457 g/mol. The van der Waals surface area contributed by atoms with Crippen molar-refractivity contribution in [3.63, 3.8) is 0 Å². The zero-order valence-corrected chi connectivity index (χ0v) is 19.2. The maximum Gasteiger partial charge on any atom is 0.343 e. The lowest BCUT2D eigenvalue weighted by atomic mass is 9.86. The van der Waals surface area contributed by atoms with Crippen molar-refractivity contribution in [2.75, 3.05) is 0 Å². The second-order valence-electron chi connectivity index (χ2n) is 9.11. The van der Waals surface area contributed by atoms with Crippen LogP contribution >= 0.6 is 0 Å². The number of fused-ring (bicyclic) bond motifs is 1. The van der Waals surface area contributed by atoms with E-state index in [1.165, 1.54) is 24.3 Å². The Morgan fingerprint density at radius 2 is 1.62 bits per heavy atom. The van der Waals surface area contributed by atoms with E-state index in [1.54, 1.807) is 18.2 Å². The fourth-order valence-electron chi connectivity index (χ4n) is 3.56. The summed E-state index contributed by atoms with van der Waals surface area (Å²) in [6.45, 7) is 8.18. The number of aryl methyl sites for hydroxylation is 1. The van der Waals surface area contributed by atoms with Crippen LogP contribution in [-0.2, 0) is 5.41 Å². The molecule has 0 atom stereocenters. The average molecular weight is 457 g/mol. The molecule has 0 saturated heterocycles. The van der Waals surface area contributed by atoms with E-state index in [9.17, 15) is 19.7 Å². The molecule has 7 heteroatoms. The normalized spacial score (nSPS) is 11.4. The quantitative estimate of drug-likeness (QED) is 0.206. The Balaban J connectivity index is 1.83. The first kappa shape index (κ1) is 22.9. The summed E-state index contributed by atoms with van der Waals surface area (Å²) >= 11 is 0. The molecule has 34 heavy (non-hydrogen) atoms. The number of benzene rings is 3. The van der Waals surface area contributed by atoms with Crippen LogP contribution in [0.4, 0.5) is 5.69 Å². The first-order chi connectivity index (χ1) is 16.0. The molecule has 0 aliphatic heterocycles. The zero-order chi connectivity index (χ0) is 24.6. The van der Waals surface area contributed by atoms with Crippen molar-refractivity contribution in [1.82, 2.24) is 0 Å². The van der Waals surface area contributed by atoms with Crippen molar-refractivity contribution in [2.24, 2.45) is 0 Å². The predicted molar refractivity (Wildman–Crippen MR) is 129 cm³/mol. The molecule has 1 aromatic heterocycles. The summed E-state index contributed by atoms with van der Waals surface area (Å²) in [5.41, 5.74) is 2.35. The lowest BCUT2D eigenvalue weighted by molar-refractivity contribution is -0.384. The summed E-state index contributed by atoms with van der Waals surface area (Å²) in [6.07, 6.45) is 0. The van der Waals surface area contributed by atoms with Gasteiger partial charge in [-0.05, 0) is 47.7 Å². The summed E-state index contributed by atoms with van der Waals surface area (Å²) in [5.74, 6) is -0.914. The summed E-state index contributed by atoms with van der Waals surface area (Å²) in [5, 5.41) is 11.2. The lowest BCUT2D eigenvalue weighted by Gasteiger charge is -2.19. The molecular weight excluding hydrogens is 434 g/mol. The molecule has 0 fully saturated rings. The van der Waals surface area contributed by atoms with Crippen LogP contribution in [0.5, 0.6) is 5.75 Å². The Kier molecular flexibility index (Phi) is 5.79. The van der Waals surface area contributed by atoms with Gasteiger partial charge >= 0.3 is 5.97 Å². The van der Waals surface area contributed by atoms with Crippen molar-refractivity contribution in [2.45, 2.75) is 33.1 Å². The number of rotatable bonds is 4. The van der Waals surface area contributed by atoms with Gasteiger partial charge in [-0.25, -0.2) is 4.79 Å². The molecule has 0 aliphatic carbocycles. The summed E-state index contributed by atoms with van der Waals surface area (Å²) < 4.78 is 11.6. The third kappa shape index (κ3) is 4.45. The first-order valence-corrected chi connectivity index (χ1v) is 10.7. The van der Waals surface area contributed by atoms with Gasteiger partial charge in [-0.3, -0.25) is 14.9 Å². The molecule has 0 aliphatic rings. The number of non-ortho nitro benzene ring substituents is 1. The fourth-order valence-corrected chi connectivity index (χ4v) is 3.56. The van der Waals surface area contributed by atoms with Crippen LogP contribution in [0.1, 0.15) is 42.3 Å². The van der Waals surface area contributed by atoms with Crippen LogP contribution in [0.15, 0.2) is 75.9 Å². The molecule has 172 valence electrons. The van der Waals surface area contributed by atoms with Crippen molar-refractivity contribution in [3.05, 3.63) is 104 Å². The summed E-state index contributed by atoms with van der Waals surface area (Å²) in [7, 11) is 0. The maximum atomic E-state index is 13.3. The number of ether oxygens (including phenoxy) is 1. The standard InChI is InChI=1S/C27H23NO6/c1-16-5-14-21-22(15-16)33-24(17-6-10-19(11-7-17)27(2,3)4)25(23(21)29)34-26(30)18-8-12-20(13-9-18)28(31)32/h5-15H,1-4H3. The number of carbonyl (C=O) groups is 1. The van der Waals surface area contributed by atoms with E-state index in [0.29, 0.717) is 11.1 Å². The minimum atomic E-state index is -0.818. The van der Waals surface area contributed by atoms with Crippen LogP contribution in [0.3, 0.4) is 0 Å². The minimum Gasteiger partial charge on any atom is -0.452 e. The predicted octanol–water partition coefficient (Wildman–Crippen LogP) is 6.19. The highest BCUT2D eigenvalue weighted by molar-refractivity contribution is 5.93. The van der Waals surface area contributed by atoms with Crippen LogP contribution < -0.4 is 10.2 Å². The van der Waals surface area contributed by atoms with E-state index in [2.05, 4.69) is 20.8 Å². The largest absolute Gasteiger partial charge is 0.452 e. The van der Waals surface area contributed by atoms with Gasteiger partial charge in [0.25, 0.3) is 5.69 Å². The van der Waals surface area contributed by atoms with Crippen LogP contribution in [0.25, 0.3) is 22.3 Å². The third-order valence-electron chi connectivity index (χ3n) is 5.53. The summed E-state index contributed by atoms with van der Waals surface area (Å²) in [4.78, 5) is 36.5. The number of nitrogens with zero attached hydrogens (tertiary/aromatic N) is 1. The van der Waals surface area contributed by atoms with Gasteiger partial charge in [-0.1, -0.05) is 51.1 Å². The van der Waals surface area contributed by atoms with Gasteiger partial charge in [0, 0.05) is 17.7 Å². The molecule has 0 spiro atoms. The Bertz CT molecular complexity index is 1460. The number of esters is 1. The van der Waals surface area contributed by atoms with E-state index < -0.39 is 16.3 Å². The van der Waals surface area contributed by atoms with Crippen molar-refractivity contribution in [1.29, 1.82) is 0 Å². The molecule has 4 aromatic rings. The van der Waals surface area contributed by atoms with Crippen molar-refractivity contribution >= 4 is 22.6 Å². The fraction of sp³-hybridized carbons (Fsp3) is 0.185. The Labute approximate surface area is 195 Å². The molecular formula is C27H23NO6. The second-order valence-corrected chi connectivity index (χ2v) is 9.11. The van der Waals surface area contributed by atoms with Crippen LogP contribution in [0, 0.1) is 17.0 Å². The number of nitro groups is 1. The first-order valence-electron chi connectivity index (χ1n) is 10.7. The Hall–Kier alpha value is -4.26. The number of carbonyl (C=O) groups excluding carboxylic acids is 1. The molecule has 7 nitrogen and oxygen atoms in total. The molecule has 0 unspecified atom stereocenters. The van der Waals surface area contributed by atoms with Crippen LogP contribution in [0.2, 0.25) is 0 Å². The van der Waals surface area contributed by atoms with Gasteiger partial charge in [-0.2, -0.15) is 0 Å². The van der Waals surface area contributed by atoms with Gasteiger partial charge in [0.2, 0.25) is 11.2 Å². The molecule has 3 aromatic carbocycles. The number of hydrogen-bond donors (Lipinski definition) is 0. The van der Waals surface area contributed by atoms with Gasteiger partial charge < -0.3 is 9.15 Å². The lowest BCUT2D eigenvalue weighted by Crippen LogP contribution is -2.16. The van der Waals surface area contributed by atoms with E-state index in [0.717, 1.165) is 11.1 Å². The Morgan fingerprint density at radius 3 is 2.21 bits per heavy atom. The van der Waals surface area contributed by atoms with E-state index >= 15 is 0 Å². The Morgan fingerprint density at radius 1 is 0.971 bits per heavy atom. The van der Waals surface area contributed by atoms with Crippen LogP contribution in [-0.4, -0.2) is 10.9 Å². The average Bonchev–Trinajstić information content (AvgIpc) is 2.80. The molecule has 0 radical (unpaired) electrons. The second kappa shape index (κ2) is 8.59. The highest BCUT2D eigenvalue weighted by Crippen LogP contribution is 2.33. The molecule has 0 bridgehead atoms. The molecule has 0 amide bonds. The molecule has 0 saturated carbocycles. The maximum absolute atomic E-state index is 13.3. The molecule has 0 N–H and O–H groups in total. The van der Waals surface area contributed by atoms with Crippen molar-refractivity contribution < 1.29 is 18.9 Å². The molecule has 1 heterocycles. The third-order valence-corrected chi connectivity index (χ3v) is 5.53. The number of nitro benzene ring substituents is 1. The topological polar surface area (TPSA) is 99.7 Å². The van der Waals surface area contributed by atoms with E-state index in [4.69, 9.17) is 9.15 Å². The van der Waals surface area contributed by atoms with Gasteiger partial charge in [-0.15, -0.1) is 0 Å². The summed E-state index contributed by atoms with van der Waals surface area (Å²) in [6, 6.07) is 17.7. The smallest absolute Gasteiger partial charge is 0.343 e. The number of hydrogen-bond acceptors (Lipinski definition) is 6. The van der Waals surface area contributed by atoms with E-state index in [-0.39, 0.29) is 33.6 Å². The highest BCUT2D eigenvalue weighted by Gasteiger charge is 2.23. The zero-order valence-electron chi connectivity index (χ0n) is 19.2. The van der Waals surface area contributed by atoms with E-state index in [1.807, 2.05) is 31.2 Å². The minimum absolute atomic E-state index is 0.0644. The van der Waals surface area contributed by atoms with Gasteiger partial charge in [0.15, 0.2) is 5.76 Å². The van der Waals surface area contributed by atoms with Gasteiger partial charge in [0.1, 0.15) is 5.58 Å². The van der Waals surface area contributed by atoms with Gasteiger partial charge in [0.05, 0.1) is 15.9 Å². The SMILES string of the molecule is Cc1ccc2c(=O)c(OC(=O)c3ccc([N+](=O)[O-])cc3)c(-c3ccc(C(C)(C)C)cc3)oc2c1. The van der Waals surface area contributed by atoms with Crippen molar-refractivity contribution in [3.8, 4) is 17.1 Å². The molecule has 4 rings (SSSR count). The highest BCUT2D eigenvalue weighted by atomic mass is 16.6.